The Labute approximate surface area is 123 Å². The highest BCUT2D eigenvalue weighted by Gasteiger charge is 2.22. The second-order valence-corrected chi connectivity index (χ2v) is 5.66. The molecular formula is C16H20N2O3. The third-order valence-electron chi connectivity index (χ3n) is 4.15. The molecule has 0 radical (unpaired) electrons. The fraction of sp³-hybridized carbons (Fsp3) is 0.438. The molecule has 1 fully saturated rings. The van der Waals surface area contributed by atoms with Crippen LogP contribution in [0, 0.1) is 0 Å². The quantitative estimate of drug-likeness (QED) is 0.904. The minimum Gasteiger partial charge on any atom is -0.478 e. The number of hydrogen-bond donors (Lipinski definition) is 2. The number of carboxylic acid groups (broad SMARTS) is 1. The van der Waals surface area contributed by atoms with E-state index in [1.54, 1.807) is 12.1 Å². The fourth-order valence-electron chi connectivity index (χ4n) is 2.90. The van der Waals surface area contributed by atoms with Crippen LogP contribution in [0.15, 0.2) is 28.7 Å². The summed E-state index contributed by atoms with van der Waals surface area (Å²) in [4.78, 5) is 13.8. The first-order valence-corrected chi connectivity index (χ1v) is 7.31. The molecule has 0 unspecified atom stereocenters. The van der Waals surface area contributed by atoms with Gasteiger partial charge in [-0.25, -0.2) is 4.79 Å². The van der Waals surface area contributed by atoms with Crippen molar-refractivity contribution < 1.29 is 14.3 Å². The van der Waals surface area contributed by atoms with E-state index in [9.17, 15) is 9.90 Å². The van der Waals surface area contributed by atoms with E-state index in [-0.39, 0.29) is 5.56 Å². The molecule has 112 valence electrons. The number of nitrogens with one attached hydrogen (secondary N) is 1. The van der Waals surface area contributed by atoms with E-state index in [1.165, 1.54) is 0 Å². The van der Waals surface area contributed by atoms with Gasteiger partial charge < -0.3 is 19.7 Å². The first kappa shape index (κ1) is 14.1. The van der Waals surface area contributed by atoms with Gasteiger partial charge in [0.25, 0.3) is 0 Å². The molecule has 1 aliphatic heterocycles. The highest BCUT2D eigenvalue weighted by atomic mass is 16.4. The maximum Gasteiger partial charge on any atom is 0.339 e. The van der Waals surface area contributed by atoms with Crippen LogP contribution in [0.1, 0.15) is 29.0 Å². The van der Waals surface area contributed by atoms with Gasteiger partial charge in [-0.1, -0.05) is 18.2 Å². The molecule has 1 aromatic heterocycles. The average Bonchev–Trinajstić information content (AvgIpc) is 2.85. The summed E-state index contributed by atoms with van der Waals surface area (Å²) in [5, 5.41) is 13.5. The summed E-state index contributed by atoms with van der Waals surface area (Å²) < 4.78 is 5.72. The number of nitrogens with zero attached hydrogens (tertiary/aromatic N) is 1. The topological polar surface area (TPSA) is 65.7 Å². The number of benzene rings is 1. The summed E-state index contributed by atoms with van der Waals surface area (Å²) >= 11 is 0. The van der Waals surface area contributed by atoms with Crippen LogP contribution < -0.4 is 5.32 Å². The van der Waals surface area contributed by atoms with Crippen LogP contribution in [0.3, 0.4) is 0 Å². The first-order valence-electron chi connectivity index (χ1n) is 7.31. The van der Waals surface area contributed by atoms with Crippen LogP contribution in [0.5, 0.6) is 0 Å². The number of furan rings is 1. The second-order valence-electron chi connectivity index (χ2n) is 5.66. The number of rotatable bonds is 4. The Morgan fingerprint density at radius 1 is 1.38 bits per heavy atom. The Hall–Kier alpha value is -1.85. The van der Waals surface area contributed by atoms with Crippen molar-refractivity contribution in [3.05, 3.63) is 35.6 Å². The Morgan fingerprint density at radius 2 is 2.10 bits per heavy atom. The van der Waals surface area contributed by atoms with Crippen molar-refractivity contribution in [2.45, 2.75) is 25.4 Å². The molecule has 5 nitrogen and oxygen atoms in total. The van der Waals surface area contributed by atoms with Gasteiger partial charge >= 0.3 is 5.97 Å². The molecule has 1 aliphatic rings. The van der Waals surface area contributed by atoms with Crippen molar-refractivity contribution in [1.29, 1.82) is 0 Å². The van der Waals surface area contributed by atoms with E-state index in [1.807, 2.05) is 12.1 Å². The molecule has 0 atom stereocenters. The number of likely N-dealkylation sites (tertiary alicyclic amines) is 1. The molecule has 0 saturated carbocycles. The third-order valence-corrected chi connectivity index (χ3v) is 4.15. The van der Waals surface area contributed by atoms with Crippen molar-refractivity contribution >= 4 is 16.9 Å². The minimum atomic E-state index is -0.930. The number of hydrogen-bond acceptors (Lipinski definition) is 4. The lowest BCUT2D eigenvalue weighted by Gasteiger charge is -2.29. The van der Waals surface area contributed by atoms with Crippen LogP contribution in [0.25, 0.3) is 11.0 Å². The maximum absolute atomic E-state index is 11.5. The van der Waals surface area contributed by atoms with Gasteiger partial charge in [-0.3, -0.25) is 0 Å². The van der Waals surface area contributed by atoms with Crippen molar-refractivity contribution in [1.82, 2.24) is 10.2 Å². The SMILES string of the molecule is CN1CCC(NCc2oc3ccccc3c2C(=O)O)CC1. The van der Waals surface area contributed by atoms with Crippen LogP contribution in [0.2, 0.25) is 0 Å². The highest BCUT2D eigenvalue weighted by Crippen LogP contribution is 2.26. The predicted octanol–water partition coefficient (Wildman–Crippen LogP) is 2.31. The smallest absolute Gasteiger partial charge is 0.339 e. The third kappa shape index (κ3) is 2.94. The average molecular weight is 288 g/mol. The van der Waals surface area contributed by atoms with Crippen molar-refractivity contribution in [2.75, 3.05) is 20.1 Å². The highest BCUT2D eigenvalue weighted by molar-refractivity contribution is 6.03. The molecule has 1 saturated heterocycles. The zero-order valence-corrected chi connectivity index (χ0v) is 12.1. The van der Waals surface area contributed by atoms with E-state index < -0.39 is 5.97 Å². The fourth-order valence-corrected chi connectivity index (χ4v) is 2.90. The lowest BCUT2D eigenvalue weighted by atomic mass is 10.1. The van der Waals surface area contributed by atoms with Gasteiger partial charge in [-0.05, 0) is 39.0 Å². The van der Waals surface area contributed by atoms with Crippen molar-refractivity contribution in [3.8, 4) is 0 Å². The molecule has 0 amide bonds. The van der Waals surface area contributed by atoms with Crippen LogP contribution in [0.4, 0.5) is 0 Å². The monoisotopic (exact) mass is 288 g/mol. The number of aromatic carboxylic acids is 1. The number of fused-ring (bicyclic) bond motifs is 1. The van der Waals surface area contributed by atoms with Crippen LogP contribution >= 0.6 is 0 Å². The zero-order chi connectivity index (χ0) is 14.8. The molecule has 21 heavy (non-hydrogen) atoms. The molecule has 0 spiro atoms. The van der Waals surface area contributed by atoms with Crippen molar-refractivity contribution in [3.63, 3.8) is 0 Å². The summed E-state index contributed by atoms with van der Waals surface area (Å²) in [6.07, 6.45) is 2.16. The Balaban J connectivity index is 1.77. The summed E-state index contributed by atoms with van der Waals surface area (Å²) in [6.45, 7) is 2.61. The number of carbonyl (C=O) groups is 1. The van der Waals surface area contributed by atoms with E-state index in [4.69, 9.17) is 4.42 Å². The largest absolute Gasteiger partial charge is 0.478 e. The summed E-state index contributed by atoms with van der Waals surface area (Å²) in [7, 11) is 2.12. The number of carboxylic acids is 1. The Kier molecular flexibility index (Phi) is 3.94. The normalized spacial score (nSPS) is 17.4. The van der Waals surface area contributed by atoms with Crippen molar-refractivity contribution in [2.24, 2.45) is 0 Å². The molecule has 3 rings (SSSR count). The van der Waals surface area contributed by atoms with Gasteiger partial charge in [0.05, 0.1) is 6.54 Å². The standard InChI is InChI=1S/C16H20N2O3/c1-18-8-6-11(7-9-18)17-10-14-15(16(19)20)12-4-2-3-5-13(12)21-14/h2-5,11,17H,6-10H2,1H3,(H,19,20). The van der Waals surface area contributed by atoms with E-state index in [0.717, 1.165) is 25.9 Å². The van der Waals surface area contributed by atoms with Gasteiger partial charge in [0, 0.05) is 11.4 Å². The van der Waals surface area contributed by atoms with Gasteiger partial charge in [0.1, 0.15) is 16.9 Å². The molecule has 2 heterocycles. The van der Waals surface area contributed by atoms with E-state index in [0.29, 0.717) is 29.3 Å². The molecule has 0 aliphatic carbocycles. The lowest BCUT2D eigenvalue weighted by Crippen LogP contribution is -2.40. The van der Waals surface area contributed by atoms with Gasteiger partial charge in [0.2, 0.25) is 0 Å². The Morgan fingerprint density at radius 3 is 2.81 bits per heavy atom. The predicted molar refractivity (Wildman–Crippen MR) is 80.5 cm³/mol. The van der Waals surface area contributed by atoms with Gasteiger partial charge in [-0.15, -0.1) is 0 Å². The maximum atomic E-state index is 11.5. The molecule has 2 N–H and O–H groups in total. The summed E-state index contributed by atoms with van der Waals surface area (Å²) in [6, 6.07) is 7.71. The second kappa shape index (κ2) is 5.87. The number of piperidine rings is 1. The Bertz CT molecular complexity index is 642. The van der Waals surface area contributed by atoms with Gasteiger partial charge in [0.15, 0.2) is 0 Å². The minimum absolute atomic E-state index is 0.283. The van der Waals surface area contributed by atoms with E-state index in [2.05, 4.69) is 17.3 Å². The summed E-state index contributed by atoms with van der Waals surface area (Å²) in [5.41, 5.74) is 0.918. The molecule has 1 aromatic carbocycles. The lowest BCUT2D eigenvalue weighted by molar-refractivity contribution is 0.0696. The van der Waals surface area contributed by atoms with Gasteiger partial charge in [-0.2, -0.15) is 0 Å². The van der Waals surface area contributed by atoms with Crippen LogP contribution in [-0.4, -0.2) is 42.2 Å². The molecule has 0 bridgehead atoms. The zero-order valence-electron chi connectivity index (χ0n) is 12.1. The van der Waals surface area contributed by atoms with E-state index >= 15 is 0 Å². The molecule has 5 heteroatoms. The molecule has 2 aromatic rings. The molecular weight excluding hydrogens is 268 g/mol. The number of para-hydroxylation sites is 1. The van der Waals surface area contributed by atoms with Crippen LogP contribution in [-0.2, 0) is 6.54 Å². The summed E-state index contributed by atoms with van der Waals surface area (Å²) in [5.74, 6) is -0.414. The first-order chi connectivity index (χ1) is 10.1.